The molecule has 1 aliphatic rings. The van der Waals surface area contributed by atoms with Crippen molar-refractivity contribution in [3.63, 3.8) is 0 Å². The first-order valence-corrected chi connectivity index (χ1v) is 7.77. The summed E-state index contributed by atoms with van der Waals surface area (Å²) in [6.07, 6.45) is 2.15. The van der Waals surface area contributed by atoms with E-state index in [1.807, 2.05) is 31.2 Å². The van der Waals surface area contributed by atoms with E-state index in [1.54, 1.807) is 0 Å². The van der Waals surface area contributed by atoms with Gasteiger partial charge in [-0.1, -0.05) is 28.1 Å². The number of carbonyl (C=O) groups is 2. The molecule has 2 amide bonds. The highest BCUT2D eigenvalue weighted by Gasteiger charge is 2.28. The number of nitrogens with one attached hydrogen (secondary N) is 1. The van der Waals surface area contributed by atoms with E-state index in [9.17, 15) is 9.59 Å². The third-order valence-electron chi connectivity index (χ3n) is 3.48. The molecule has 1 aliphatic carbocycles. The number of carboxylic acids is 1. The molecule has 0 aliphatic heterocycles. The second-order valence-corrected chi connectivity index (χ2v) is 6.36. The van der Waals surface area contributed by atoms with Gasteiger partial charge >= 0.3 is 12.0 Å². The number of rotatable bonds is 6. The summed E-state index contributed by atoms with van der Waals surface area (Å²) in [6, 6.07) is 7.19. The molecule has 1 aromatic carbocycles. The highest BCUT2D eigenvalue weighted by molar-refractivity contribution is 9.10. The van der Waals surface area contributed by atoms with Gasteiger partial charge in [0.15, 0.2) is 0 Å². The predicted octanol–water partition coefficient (Wildman–Crippen LogP) is 3.02. The fourth-order valence-electron chi connectivity index (χ4n) is 2.13. The number of hydrogen-bond donors (Lipinski definition) is 2. The van der Waals surface area contributed by atoms with E-state index in [4.69, 9.17) is 5.11 Å². The summed E-state index contributed by atoms with van der Waals surface area (Å²) in [5, 5.41) is 11.8. The summed E-state index contributed by atoms with van der Waals surface area (Å²) < 4.78 is 0.946. The van der Waals surface area contributed by atoms with Crippen molar-refractivity contribution in [2.45, 2.75) is 25.8 Å². The number of halogens is 1. The standard InChI is InChI=1S/C15H19BrN2O3/c1-10(12-3-2-4-13(16)7-12)17-15(21)18(9-14(19)20)8-11-5-6-11/h2-4,7,10-11H,5-6,8-9H2,1H3,(H,17,21)(H,19,20). The lowest BCUT2D eigenvalue weighted by Gasteiger charge is -2.24. The molecule has 0 spiro atoms. The lowest BCUT2D eigenvalue weighted by molar-refractivity contribution is -0.137. The van der Waals surface area contributed by atoms with Gasteiger partial charge in [0.25, 0.3) is 0 Å². The Hall–Kier alpha value is -1.56. The van der Waals surface area contributed by atoms with E-state index >= 15 is 0 Å². The molecular formula is C15H19BrN2O3. The van der Waals surface area contributed by atoms with Crippen LogP contribution in [-0.4, -0.2) is 35.1 Å². The second-order valence-electron chi connectivity index (χ2n) is 5.44. The normalized spacial score (nSPS) is 15.3. The van der Waals surface area contributed by atoms with Crippen LogP contribution in [0.25, 0.3) is 0 Å². The molecule has 1 atom stereocenters. The van der Waals surface area contributed by atoms with E-state index < -0.39 is 5.97 Å². The van der Waals surface area contributed by atoms with Crippen molar-refractivity contribution in [1.82, 2.24) is 10.2 Å². The summed E-state index contributed by atoms with van der Waals surface area (Å²) in [7, 11) is 0. The van der Waals surface area contributed by atoms with Gasteiger partial charge < -0.3 is 15.3 Å². The largest absolute Gasteiger partial charge is 0.480 e. The van der Waals surface area contributed by atoms with Crippen LogP contribution in [0.1, 0.15) is 31.4 Å². The third kappa shape index (κ3) is 5.04. The number of hydrogen-bond acceptors (Lipinski definition) is 2. The van der Waals surface area contributed by atoms with Crippen LogP contribution in [0.3, 0.4) is 0 Å². The zero-order valence-electron chi connectivity index (χ0n) is 11.9. The molecule has 0 radical (unpaired) electrons. The Morgan fingerprint density at radius 2 is 2.19 bits per heavy atom. The van der Waals surface area contributed by atoms with Gasteiger partial charge in [0.05, 0.1) is 6.04 Å². The van der Waals surface area contributed by atoms with Crippen LogP contribution >= 0.6 is 15.9 Å². The smallest absolute Gasteiger partial charge is 0.323 e. The minimum Gasteiger partial charge on any atom is -0.480 e. The molecule has 1 fully saturated rings. The monoisotopic (exact) mass is 354 g/mol. The van der Waals surface area contributed by atoms with E-state index in [1.165, 1.54) is 4.90 Å². The number of nitrogens with zero attached hydrogens (tertiary/aromatic N) is 1. The van der Waals surface area contributed by atoms with Gasteiger partial charge in [0, 0.05) is 11.0 Å². The lowest BCUT2D eigenvalue weighted by atomic mass is 10.1. The van der Waals surface area contributed by atoms with Crippen molar-refractivity contribution in [1.29, 1.82) is 0 Å². The molecule has 2 N–H and O–H groups in total. The van der Waals surface area contributed by atoms with Crippen LogP contribution < -0.4 is 5.32 Å². The number of amides is 2. The maximum absolute atomic E-state index is 12.3. The molecule has 1 unspecified atom stereocenters. The van der Waals surface area contributed by atoms with Crippen molar-refractivity contribution >= 4 is 27.9 Å². The molecule has 0 aromatic heterocycles. The van der Waals surface area contributed by atoms with Crippen LogP contribution in [0.4, 0.5) is 4.79 Å². The first-order valence-electron chi connectivity index (χ1n) is 6.98. The topological polar surface area (TPSA) is 69.6 Å². The SMILES string of the molecule is CC(NC(=O)N(CC(=O)O)CC1CC1)c1cccc(Br)c1. The minimum atomic E-state index is -0.985. The van der Waals surface area contributed by atoms with Gasteiger partial charge in [0.1, 0.15) is 6.54 Å². The number of carbonyl (C=O) groups excluding carboxylic acids is 1. The van der Waals surface area contributed by atoms with Gasteiger partial charge in [-0.2, -0.15) is 0 Å². The van der Waals surface area contributed by atoms with Crippen molar-refractivity contribution in [2.24, 2.45) is 5.92 Å². The van der Waals surface area contributed by atoms with Crippen LogP contribution in [0, 0.1) is 5.92 Å². The number of urea groups is 1. The Kier molecular flexibility index (Phi) is 5.22. The summed E-state index contributed by atoms with van der Waals surface area (Å²) in [5.41, 5.74) is 0.972. The molecule has 0 saturated heterocycles. The van der Waals surface area contributed by atoms with E-state index in [0.717, 1.165) is 22.9 Å². The molecule has 1 aromatic rings. The van der Waals surface area contributed by atoms with E-state index in [2.05, 4.69) is 21.2 Å². The zero-order chi connectivity index (χ0) is 15.4. The van der Waals surface area contributed by atoms with Gasteiger partial charge in [-0.05, 0) is 43.4 Å². The summed E-state index contributed by atoms with van der Waals surface area (Å²) in [6.45, 7) is 2.15. The summed E-state index contributed by atoms with van der Waals surface area (Å²) >= 11 is 3.40. The average molecular weight is 355 g/mol. The molecule has 1 saturated carbocycles. The van der Waals surface area contributed by atoms with Crippen LogP contribution in [0.5, 0.6) is 0 Å². The van der Waals surface area contributed by atoms with Crippen LogP contribution in [0.2, 0.25) is 0 Å². The Labute approximate surface area is 132 Å². The first-order chi connectivity index (χ1) is 9.95. The fourth-order valence-corrected chi connectivity index (χ4v) is 2.55. The number of aliphatic carboxylic acids is 1. The van der Waals surface area contributed by atoms with Crippen LogP contribution in [0.15, 0.2) is 28.7 Å². The molecular weight excluding hydrogens is 336 g/mol. The van der Waals surface area contributed by atoms with E-state index in [0.29, 0.717) is 12.5 Å². The Balaban J connectivity index is 1.97. The molecule has 5 nitrogen and oxygen atoms in total. The highest BCUT2D eigenvalue weighted by atomic mass is 79.9. The summed E-state index contributed by atoms with van der Waals surface area (Å²) in [4.78, 5) is 24.5. The minimum absolute atomic E-state index is 0.175. The van der Waals surface area contributed by atoms with E-state index in [-0.39, 0.29) is 18.6 Å². The fraction of sp³-hybridized carbons (Fsp3) is 0.467. The van der Waals surface area contributed by atoms with Crippen molar-refractivity contribution in [3.05, 3.63) is 34.3 Å². The van der Waals surface area contributed by atoms with Crippen molar-refractivity contribution in [3.8, 4) is 0 Å². The average Bonchev–Trinajstić information content (AvgIpc) is 3.21. The number of carboxylic acid groups (broad SMARTS) is 1. The third-order valence-corrected chi connectivity index (χ3v) is 3.97. The Morgan fingerprint density at radius 1 is 1.48 bits per heavy atom. The van der Waals surface area contributed by atoms with Gasteiger partial charge in [-0.15, -0.1) is 0 Å². The highest BCUT2D eigenvalue weighted by Crippen LogP contribution is 2.29. The Bertz CT molecular complexity index is 531. The molecule has 6 heteroatoms. The second kappa shape index (κ2) is 6.93. The Morgan fingerprint density at radius 3 is 2.76 bits per heavy atom. The molecule has 2 rings (SSSR count). The molecule has 21 heavy (non-hydrogen) atoms. The summed E-state index contributed by atoms with van der Waals surface area (Å²) in [5.74, 6) is -0.530. The maximum atomic E-state index is 12.3. The van der Waals surface area contributed by atoms with Crippen molar-refractivity contribution < 1.29 is 14.7 Å². The molecule has 0 heterocycles. The van der Waals surface area contributed by atoms with Gasteiger partial charge in [-0.25, -0.2) is 4.79 Å². The van der Waals surface area contributed by atoms with Gasteiger partial charge in [-0.3, -0.25) is 4.79 Å². The predicted molar refractivity (Wildman–Crippen MR) is 83.0 cm³/mol. The molecule has 0 bridgehead atoms. The lowest BCUT2D eigenvalue weighted by Crippen LogP contribution is -2.44. The maximum Gasteiger partial charge on any atom is 0.323 e. The molecule has 114 valence electrons. The zero-order valence-corrected chi connectivity index (χ0v) is 13.5. The number of benzene rings is 1. The van der Waals surface area contributed by atoms with Crippen molar-refractivity contribution in [2.75, 3.05) is 13.1 Å². The quantitative estimate of drug-likeness (QED) is 0.824. The van der Waals surface area contributed by atoms with Crippen LogP contribution in [-0.2, 0) is 4.79 Å². The first kappa shape index (κ1) is 15.8. The van der Waals surface area contributed by atoms with Gasteiger partial charge in [0.2, 0.25) is 0 Å².